The van der Waals surface area contributed by atoms with Crippen molar-refractivity contribution in [1.82, 2.24) is 15.3 Å². The summed E-state index contributed by atoms with van der Waals surface area (Å²) >= 11 is 5.65. The van der Waals surface area contributed by atoms with Crippen molar-refractivity contribution in [3.63, 3.8) is 0 Å². The van der Waals surface area contributed by atoms with Gasteiger partial charge in [-0.3, -0.25) is 0 Å². The van der Waals surface area contributed by atoms with E-state index in [2.05, 4.69) is 41.3 Å². The Hall–Kier alpha value is -1.06. The minimum Gasteiger partial charge on any atom is -0.345 e. The molecule has 0 aliphatic carbocycles. The van der Waals surface area contributed by atoms with Crippen LogP contribution in [0.3, 0.4) is 0 Å². The predicted molar refractivity (Wildman–Crippen MR) is 67.8 cm³/mol. The quantitative estimate of drug-likeness (QED) is 0.634. The largest absolute Gasteiger partial charge is 0.345 e. The molecule has 0 saturated carbocycles. The van der Waals surface area contributed by atoms with E-state index in [0.717, 1.165) is 17.6 Å². The van der Waals surface area contributed by atoms with Crippen molar-refractivity contribution in [2.24, 2.45) is 0 Å². The van der Waals surface area contributed by atoms with Crippen molar-refractivity contribution in [2.75, 3.05) is 12.5 Å². The van der Waals surface area contributed by atoms with E-state index in [-0.39, 0.29) is 5.41 Å². The van der Waals surface area contributed by atoms with Gasteiger partial charge in [-0.2, -0.15) is 0 Å². The summed E-state index contributed by atoms with van der Waals surface area (Å²) in [5.41, 5.74) is 3.43. The third-order valence-electron chi connectivity index (χ3n) is 2.86. The van der Waals surface area contributed by atoms with Gasteiger partial charge in [0.25, 0.3) is 0 Å². The fraction of sp³-hybridized carbons (Fsp3) is 0.417. The zero-order valence-corrected chi connectivity index (χ0v) is 10.3. The molecule has 0 unspecified atom stereocenters. The van der Waals surface area contributed by atoms with Crippen LogP contribution in [0.1, 0.15) is 19.4 Å². The van der Waals surface area contributed by atoms with Crippen molar-refractivity contribution in [2.45, 2.75) is 19.3 Å². The standard InChI is InChI=1S/C12H16ClN3/c1-12(2,6-14-7-13)9-3-4-10-11(5-9)16-8-15-10/h3-5,8,14H,6-7H2,1-2H3,(H,15,16). The SMILES string of the molecule is CC(C)(CNCCl)c1ccc2nc[nH]c2c1. The molecular formula is C12H16ClN3. The highest BCUT2D eigenvalue weighted by Crippen LogP contribution is 2.24. The van der Waals surface area contributed by atoms with Gasteiger partial charge in [0.05, 0.1) is 23.4 Å². The zero-order valence-electron chi connectivity index (χ0n) is 9.55. The first-order valence-electron chi connectivity index (χ1n) is 5.34. The van der Waals surface area contributed by atoms with E-state index in [1.54, 1.807) is 6.33 Å². The second-order valence-electron chi connectivity index (χ2n) is 4.58. The minimum absolute atomic E-state index is 0.0637. The molecule has 1 aromatic heterocycles. The number of alkyl halides is 1. The Morgan fingerprint density at radius 3 is 3.00 bits per heavy atom. The third-order valence-corrected chi connectivity index (χ3v) is 3.05. The molecule has 0 radical (unpaired) electrons. The van der Waals surface area contributed by atoms with E-state index >= 15 is 0 Å². The maximum atomic E-state index is 5.65. The molecule has 0 amide bonds. The maximum Gasteiger partial charge on any atom is 0.0931 e. The highest BCUT2D eigenvalue weighted by atomic mass is 35.5. The van der Waals surface area contributed by atoms with Crippen LogP contribution in [0, 0.1) is 0 Å². The molecule has 1 heterocycles. The first-order valence-corrected chi connectivity index (χ1v) is 5.87. The Labute approximate surface area is 100 Å². The zero-order chi connectivity index (χ0) is 11.6. The monoisotopic (exact) mass is 237 g/mol. The lowest BCUT2D eigenvalue weighted by Gasteiger charge is -2.25. The predicted octanol–water partition coefficient (Wildman–Crippen LogP) is 2.63. The molecule has 0 aliphatic rings. The van der Waals surface area contributed by atoms with Gasteiger partial charge in [-0.25, -0.2) is 4.98 Å². The number of aromatic amines is 1. The van der Waals surface area contributed by atoms with Gasteiger partial charge in [0.15, 0.2) is 0 Å². The highest BCUT2D eigenvalue weighted by Gasteiger charge is 2.20. The molecule has 2 rings (SSSR count). The van der Waals surface area contributed by atoms with Crippen LogP contribution in [0.2, 0.25) is 0 Å². The molecule has 2 aromatic rings. The molecule has 16 heavy (non-hydrogen) atoms. The summed E-state index contributed by atoms with van der Waals surface area (Å²) < 4.78 is 0. The summed E-state index contributed by atoms with van der Waals surface area (Å²) in [5, 5.41) is 3.17. The summed E-state index contributed by atoms with van der Waals surface area (Å²) in [7, 11) is 0. The van der Waals surface area contributed by atoms with Crippen molar-refractivity contribution < 1.29 is 0 Å². The lowest BCUT2D eigenvalue weighted by Crippen LogP contribution is -2.32. The number of hydrogen-bond donors (Lipinski definition) is 2. The molecule has 0 aliphatic heterocycles. The summed E-state index contributed by atoms with van der Waals surface area (Å²) in [5.74, 6) is 0. The molecule has 2 N–H and O–H groups in total. The van der Waals surface area contributed by atoms with Gasteiger partial charge in [0.2, 0.25) is 0 Å². The van der Waals surface area contributed by atoms with Crippen LogP contribution in [-0.2, 0) is 5.41 Å². The normalized spacial score (nSPS) is 12.2. The van der Waals surface area contributed by atoms with E-state index in [4.69, 9.17) is 11.6 Å². The van der Waals surface area contributed by atoms with Crippen molar-refractivity contribution >= 4 is 22.6 Å². The average Bonchev–Trinajstić information content (AvgIpc) is 2.73. The molecule has 0 spiro atoms. The van der Waals surface area contributed by atoms with Gasteiger partial charge in [-0.15, -0.1) is 11.6 Å². The summed E-state index contributed by atoms with van der Waals surface area (Å²) in [4.78, 5) is 7.34. The number of nitrogens with one attached hydrogen (secondary N) is 2. The number of aromatic nitrogens is 2. The number of hydrogen-bond acceptors (Lipinski definition) is 2. The minimum atomic E-state index is 0.0637. The number of halogens is 1. The third kappa shape index (κ3) is 2.20. The molecule has 0 saturated heterocycles. The summed E-state index contributed by atoms with van der Waals surface area (Å²) in [6.45, 7) is 5.25. The lowest BCUT2D eigenvalue weighted by atomic mass is 9.84. The van der Waals surface area contributed by atoms with Crippen molar-refractivity contribution in [3.8, 4) is 0 Å². The lowest BCUT2D eigenvalue weighted by molar-refractivity contribution is 0.489. The Kier molecular flexibility index (Phi) is 3.17. The molecule has 86 valence electrons. The van der Waals surface area contributed by atoms with Crippen LogP contribution in [-0.4, -0.2) is 22.5 Å². The van der Waals surface area contributed by atoms with E-state index in [1.807, 2.05) is 6.07 Å². The van der Waals surface area contributed by atoms with Gasteiger partial charge >= 0.3 is 0 Å². The second kappa shape index (κ2) is 4.44. The summed E-state index contributed by atoms with van der Waals surface area (Å²) in [6, 6.07) is 6.80. The van der Waals surface area contributed by atoms with Gasteiger partial charge < -0.3 is 10.3 Å². The van der Waals surface area contributed by atoms with Crippen molar-refractivity contribution in [3.05, 3.63) is 30.1 Å². The van der Waals surface area contributed by atoms with Gasteiger partial charge in [-0.05, 0) is 17.7 Å². The number of benzene rings is 1. The van der Waals surface area contributed by atoms with Crippen LogP contribution < -0.4 is 5.32 Å². The number of rotatable bonds is 4. The van der Waals surface area contributed by atoms with Crippen LogP contribution in [0.25, 0.3) is 11.0 Å². The molecule has 0 fully saturated rings. The van der Waals surface area contributed by atoms with Crippen LogP contribution in [0.15, 0.2) is 24.5 Å². The fourth-order valence-electron chi connectivity index (χ4n) is 1.82. The van der Waals surface area contributed by atoms with Crippen LogP contribution >= 0.6 is 11.6 Å². The van der Waals surface area contributed by atoms with Gasteiger partial charge in [0, 0.05) is 12.0 Å². The highest BCUT2D eigenvalue weighted by molar-refractivity contribution is 6.17. The van der Waals surface area contributed by atoms with E-state index in [0.29, 0.717) is 6.00 Å². The molecule has 0 atom stereocenters. The number of imidazole rings is 1. The van der Waals surface area contributed by atoms with Crippen LogP contribution in [0.4, 0.5) is 0 Å². The molecule has 0 bridgehead atoms. The Bertz CT molecular complexity index is 476. The fourth-order valence-corrected chi connectivity index (χ4v) is 1.91. The topological polar surface area (TPSA) is 40.7 Å². The smallest absolute Gasteiger partial charge is 0.0931 e. The molecule has 3 nitrogen and oxygen atoms in total. The van der Waals surface area contributed by atoms with E-state index in [1.165, 1.54) is 5.56 Å². The first kappa shape index (κ1) is 11.4. The second-order valence-corrected chi connectivity index (χ2v) is 4.85. The number of fused-ring (bicyclic) bond motifs is 1. The summed E-state index contributed by atoms with van der Waals surface area (Å²) in [6.07, 6.45) is 1.72. The molecule has 1 aromatic carbocycles. The number of H-pyrrole nitrogens is 1. The Balaban J connectivity index is 2.30. The number of nitrogens with zero attached hydrogens (tertiary/aromatic N) is 1. The average molecular weight is 238 g/mol. The molecular weight excluding hydrogens is 222 g/mol. The Morgan fingerprint density at radius 1 is 1.44 bits per heavy atom. The first-order chi connectivity index (χ1) is 7.63. The Morgan fingerprint density at radius 2 is 2.25 bits per heavy atom. The van der Waals surface area contributed by atoms with Crippen molar-refractivity contribution in [1.29, 1.82) is 0 Å². The van der Waals surface area contributed by atoms with Gasteiger partial charge in [-0.1, -0.05) is 19.9 Å². The maximum absolute atomic E-state index is 5.65. The van der Waals surface area contributed by atoms with Gasteiger partial charge in [0.1, 0.15) is 0 Å². The van der Waals surface area contributed by atoms with Crippen LogP contribution in [0.5, 0.6) is 0 Å². The van der Waals surface area contributed by atoms with E-state index in [9.17, 15) is 0 Å². The molecule has 4 heteroatoms. The van der Waals surface area contributed by atoms with E-state index < -0.39 is 0 Å².